The summed E-state index contributed by atoms with van der Waals surface area (Å²) in [6.45, 7) is 8.40. The zero-order valence-electron chi connectivity index (χ0n) is 19.5. The van der Waals surface area contributed by atoms with Gasteiger partial charge in [0.1, 0.15) is 17.2 Å². The number of nitrogens with zero attached hydrogens (tertiary/aromatic N) is 5. The molecule has 3 aromatic heterocycles. The maximum atomic E-state index is 12.3. The summed E-state index contributed by atoms with van der Waals surface area (Å²) in [6, 6.07) is 14.8. The molecule has 0 aliphatic carbocycles. The normalized spacial score (nSPS) is 17.5. The van der Waals surface area contributed by atoms with Crippen LogP contribution in [-0.2, 0) is 11.8 Å². The minimum atomic E-state index is 0.00257. The highest BCUT2D eigenvalue weighted by Gasteiger charge is 2.24. The van der Waals surface area contributed by atoms with Crippen molar-refractivity contribution in [1.82, 2.24) is 19.1 Å². The molecule has 0 amide bonds. The van der Waals surface area contributed by atoms with Gasteiger partial charge in [0.25, 0.3) is 5.56 Å². The quantitative estimate of drug-likeness (QED) is 0.478. The van der Waals surface area contributed by atoms with Crippen molar-refractivity contribution in [3.63, 3.8) is 0 Å². The third-order valence-electron chi connectivity index (χ3n) is 6.51. The monoisotopic (exact) mass is 443 g/mol. The standard InChI is InChI=1S/C26H29N5O2/c1-17-12-21(15-29(4)26(17)32)25-28-22-14-27-24(30-10-11-33-16-18(30)2)13-23(22)31(25)19(3)20-8-6-5-7-9-20/h5-9,12-15,18-19H,10-11,16H2,1-4H3. The second-order valence-corrected chi connectivity index (χ2v) is 8.87. The van der Waals surface area contributed by atoms with Crippen molar-refractivity contribution < 1.29 is 4.74 Å². The summed E-state index contributed by atoms with van der Waals surface area (Å²) in [4.78, 5) is 24.4. The Morgan fingerprint density at radius 2 is 1.97 bits per heavy atom. The van der Waals surface area contributed by atoms with Gasteiger partial charge in [0, 0.05) is 37.0 Å². The van der Waals surface area contributed by atoms with Gasteiger partial charge in [-0.25, -0.2) is 9.97 Å². The molecular weight excluding hydrogens is 414 g/mol. The average molecular weight is 444 g/mol. The van der Waals surface area contributed by atoms with Crippen LogP contribution in [0.4, 0.5) is 5.82 Å². The summed E-state index contributed by atoms with van der Waals surface area (Å²) >= 11 is 0. The van der Waals surface area contributed by atoms with Crippen molar-refractivity contribution in [1.29, 1.82) is 0 Å². The van der Waals surface area contributed by atoms with Gasteiger partial charge in [0.15, 0.2) is 0 Å². The van der Waals surface area contributed by atoms with Crippen LogP contribution in [0.5, 0.6) is 0 Å². The zero-order chi connectivity index (χ0) is 23.1. The van der Waals surface area contributed by atoms with E-state index >= 15 is 0 Å². The molecular formula is C26H29N5O2. The summed E-state index contributed by atoms with van der Waals surface area (Å²) in [5.41, 5.74) is 4.66. The second kappa shape index (κ2) is 8.48. The predicted molar refractivity (Wildman–Crippen MR) is 131 cm³/mol. The largest absolute Gasteiger partial charge is 0.377 e. The number of rotatable bonds is 4. The number of aryl methyl sites for hydroxylation is 2. The second-order valence-electron chi connectivity index (χ2n) is 8.87. The van der Waals surface area contributed by atoms with Crippen LogP contribution < -0.4 is 10.5 Å². The Morgan fingerprint density at radius 3 is 2.70 bits per heavy atom. The number of fused-ring (bicyclic) bond motifs is 1. The van der Waals surface area contributed by atoms with Gasteiger partial charge < -0.3 is 18.8 Å². The number of pyridine rings is 2. The molecule has 170 valence electrons. The third kappa shape index (κ3) is 3.82. The Bertz CT molecular complexity index is 1330. The number of aromatic nitrogens is 4. The van der Waals surface area contributed by atoms with Crippen LogP contribution in [-0.4, -0.2) is 44.9 Å². The Hall–Kier alpha value is -3.45. The minimum absolute atomic E-state index is 0.00257. The lowest BCUT2D eigenvalue weighted by Crippen LogP contribution is -2.44. The molecule has 1 aromatic carbocycles. The summed E-state index contributed by atoms with van der Waals surface area (Å²) in [7, 11) is 1.78. The molecule has 1 fully saturated rings. The average Bonchev–Trinajstić information content (AvgIpc) is 3.21. The van der Waals surface area contributed by atoms with Crippen LogP contribution in [0.2, 0.25) is 0 Å². The van der Waals surface area contributed by atoms with E-state index in [1.807, 2.05) is 31.5 Å². The van der Waals surface area contributed by atoms with Gasteiger partial charge in [-0.15, -0.1) is 0 Å². The van der Waals surface area contributed by atoms with Gasteiger partial charge in [0.05, 0.1) is 37.0 Å². The number of morpholine rings is 1. The van der Waals surface area contributed by atoms with E-state index in [4.69, 9.17) is 14.7 Å². The van der Waals surface area contributed by atoms with E-state index in [1.54, 1.807) is 11.6 Å². The number of benzene rings is 1. The Balaban J connectivity index is 1.73. The molecule has 0 radical (unpaired) electrons. The lowest BCUT2D eigenvalue weighted by Gasteiger charge is -2.34. The molecule has 1 aliphatic rings. The highest BCUT2D eigenvalue weighted by atomic mass is 16.5. The lowest BCUT2D eigenvalue weighted by molar-refractivity contribution is 0.0985. The molecule has 4 aromatic rings. The molecule has 0 bridgehead atoms. The highest BCUT2D eigenvalue weighted by molar-refractivity contribution is 5.83. The van der Waals surface area contributed by atoms with Crippen molar-refractivity contribution in [2.45, 2.75) is 32.9 Å². The molecule has 33 heavy (non-hydrogen) atoms. The van der Waals surface area contributed by atoms with Gasteiger partial charge in [-0.3, -0.25) is 4.79 Å². The molecule has 4 heterocycles. The van der Waals surface area contributed by atoms with Crippen LogP contribution in [0.25, 0.3) is 22.4 Å². The number of ether oxygens (including phenoxy) is 1. The minimum Gasteiger partial charge on any atom is -0.377 e. The van der Waals surface area contributed by atoms with E-state index in [1.165, 1.54) is 5.56 Å². The van der Waals surface area contributed by atoms with Crippen LogP contribution in [0.3, 0.4) is 0 Å². The van der Waals surface area contributed by atoms with E-state index in [2.05, 4.69) is 53.6 Å². The van der Waals surface area contributed by atoms with Gasteiger partial charge in [0.2, 0.25) is 0 Å². The number of anilines is 1. The lowest BCUT2D eigenvalue weighted by atomic mass is 10.1. The smallest absolute Gasteiger partial charge is 0.253 e. The maximum absolute atomic E-state index is 12.3. The van der Waals surface area contributed by atoms with Gasteiger partial charge in [-0.2, -0.15) is 0 Å². The first-order valence-corrected chi connectivity index (χ1v) is 11.4. The fourth-order valence-electron chi connectivity index (χ4n) is 4.69. The van der Waals surface area contributed by atoms with Crippen molar-refractivity contribution in [3.8, 4) is 11.4 Å². The molecule has 7 nitrogen and oxygen atoms in total. The molecule has 0 saturated carbocycles. The molecule has 5 rings (SSSR count). The molecule has 0 N–H and O–H groups in total. The molecule has 2 unspecified atom stereocenters. The van der Waals surface area contributed by atoms with E-state index in [0.29, 0.717) is 18.8 Å². The molecule has 2 atom stereocenters. The Labute approximate surface area is 193 Å². The summed E-state index contributed by atoms with van der Waals surface area (Å²) < 4.78 is 9.51. The Kier molecular flexibility index (Phi) is 5.50. The fourth-order valence-corrected chi connectivity index (χ4v) is 4.69. The Morgan fingerprint density at radius 1 is 1.18 bits per heavy atom. The van der Waals surface area contributed by atoms with Crippen LogP contribution in [0.15, 0.2) is 59.7 Å². The first kappa shape index (κ1) is 21.4. The summed E-state index contributed by atoms with van der Waals surface area (Å²) in [5.74, 6) is 1.76. The first-order chi connectivity index (χ1) is 15.9. The van der Waals surface area contributed by atoms with E-state index < -0.39 is 0 Å². The van der Waals surface area contributed by atoms with Crippen molar-refractivity contribution in [2.75, 3.05) is 24.7 Å². The predicted octanol–water partition coefficient (Wildman–Crippen LogP) is 3.94. The zero-order valence-corrected chi connectivity index (χ0v) is 19.5. The summed E-state index contributed by atoms with van der Waals surface area (Å²) in [6.07, 6.45) is 3.72. The number of hydrogen-bond acceptors (Lipinski definition) is 5. The van der Waals surface area contributed by atoms with Crippen molar-refractivity contribution in [2.24, 2.45) is 7.05 Å². The van der Waals surface area contributed by atoms with Crippen LogP contribution in [0, 0.1) is 6.92 Å². The molecule has 7 heteroatoms. The summed E-state index contributed by atoms with van der Waals surface area (Å²) in [5, 5.41) is 0. The van der Waals surface area contributed by atoms with Crippen LogP contribution in [0.1, 0.15) is 31.0 Å². The van der Waals surface area contributed by atoms with Crippen molar-refractivity contribution >= 4 is 16.9 Å². The van der Waals surface area contributed by atoms with Crippen LogP contribution >= 0.6 is 0 Å². The SMILES string of the molecule is Cc1cc(-c2nc3cnc(N4CCOCC4C)cc3n2C(C)c2ccccc2)cn(C)c1=O. The van der Waals surface area contributed by atoms with Gasteiger partial charge >= 0.3 is 0 Å². The van der Waals surface area contributed by atoms with Gasteiger partial charge in [-0.05, 0) is 32.4 Å². The first-order valence-electron chi connectivity index (χ1n) is 11.4. The molecule has 0 spiro atoms. The third-order valence-corrected chi connectivity index (χ3v) is 6.51. The van der Waals surface area contributed by atoms with Gasteiger partial charge in [-0.1, -0.05) is 30.3 Å². The van der Waals surface area contributed by atoms with E-state index in [-0.39, 0.29) is 17.6 Å². The van der Waals surface area contributed by atoms with Crippen molar-refractivity contribution in [3.05, 3.63) is 76.3 Å². The topological polar surface area (TPSA) is 65.2 Å². The molecule has 1 aliphatic heterocycles. The highest BCUT2D eigenvalue weighted by Crippen LogP contribution is 2.33. The fraction of sp³-hybridized carbons (Fsp3) is 0.346. The number of imidazole rings is 1. The maximum Gasteiger partial charge on any atom is 0.253 e. The molecule has 1 saturated heterocycles. The van der Waals surface area contributed by atoms with E-state index in [9.17, 15) is 4.79 Å². The van der Waals surface area contributed by atoms with E-state index in [0.717, 1.165) is 34.8 Å². The number of hydrogen-bond donors (Lipinski definition) is 0.